The number of carbonyl (C=O) groups is 5. The lowest BCUT2D eigenvalue weighted by Crippen LogP contribution is -2.48. The number of hydrogen-bond donors (Lipinski definition) is 3. The number of methoxy groups -OCH3 is 1. The fourth-order valence-electron chi connectivity index (χ4n) is 5.12. The van der Waals surface area contributed by atoms with Crippen LogP contribution in [0.1, 0.15) is 37.4 Å². The summed E-state index contributed by atoms with van der Waals surface area (Å²) in [4.78, 5) is 65.5. The number of anilines is 1. The normalized spacial score (nSPS) is 11.3. The van der Waals surface area contributed by atoms with E-state index in [9.17, 15) is 47.4 Å². The van der Waals surface area contributed by atoms with Crippen molar-refractivity contribution >= 4 is 35.4 Å². The van der Waals surface area contributed by atoms with E-state index < -0.39 is 59.9 Å². The molecule has 0 saturated heterocycles. The average molecular weight is 693 g/mol. The number of esters is 1. The molecule has 4 aromatic carbocycles. The fourth-order valence-corrected chi connectivity index (χ4v) is 5.12. The molecule has 14 heteroatoms. The number of benzene rings is 4. The monoisotopic (exact) mass is 692 g/mol. The number of carboxylic acid groups (broad SMARTS) is 2. The van der Waals surface area contributed by atoms with Crippen LogP contribution in [-0.4, -0.2) is 72.6 Å². The van der Waals surface area contributed by atoms with E-state index in [1.165, 1.54) is 86.8 Å². The van der Waals surface area contributed by atoms with E-state index in [1.54, 1.807) is 18.2 Å². The number of rotatable bonds is 12. The number of carbonyl (C=O) groups excluding carboxylic acids is 3. The van der Waals surface area contributed by atoms with Crippen molar-refractivity contribution in [1.29, 1.82) is 0 Å². The van der Waals surface area contributed by atoms with Gasteiger partial charge in [0.2, 0.25) is 5.41 Å². The number of aliphatic carboxylic acids is 2. The van der Waals surface area contributed by atoms with E-state index in [4.69, 9.17) is 9.47 Å². The van der Waals surface area contributed by atoms with Crippen LogP contribution < -0.4 is 10.1 Å². The van der Waals surface area contributed by atoms with Crippen LogP contribution in [-0.2, 0) is 37.1 Å². The summed E-state index contributed by atoms with van der Waals surface area (Å²) in [6, 6.07) is 20.2. The number of ether oxygens (including phenoxy) is 2. The summed E-state index contributed by atoms with van der Waals surface area (Å²) in [7, 11) is 4.16. The van der Waals surface area contributed by atoms with Gasteiger partial charge in [-0.3, -0.25) is 24.0 Å². The van der Waals surface area contributed by atoms with Crippen LogP contribution in [0.15, 0.2) is 91.0 Å². The third kappa shape index (κ3) is 7.75. The molecule has 3 N–H and O–H groups in total. The number of amides is 2. The number of nitrogens with zero attached hydrogens (tertiary/aromatic N) is 1. The van der Waals surface area contributed by atoms with Gasteiger partial charge >= 0.3 is 24.1 Å². The van der Waals surface area contributed by atoms with Gasteiger partial charge in [-0.2, -0.15) is 13.2 Å². The number of para-hydroxylation sites is 1. The minimum atomic E-state index is -4.54. The first-order valence-corrected chi connectivity index (χ1v) is 14.8. The lowest BCUT2D eigenvalue weighted by atomic mass is 9.80. The Labute approximate surface area is 283 Å². The summed E-state index contributed by atoms with van der Waals surface area (Å²) in [5.74, 6) is -5.85. The molecule has 0 saturated carbocycles. The third-order valence-electron chi connectivity index (χ3n) is 7.76. The zero-order chi connectivity index (χ0) is 36.8. The molecule has 260 valence electrons. The Morgan fingerprint density at radius 2 is 1.42 bits per heavy atom. The van der Waals surface area contributed by atoms with E-state index in [2.05, 4.69) is 5.32 Å². The smallest absolute Gasteiger partial charge is 0.416 e. The topological polar surface area (TPSA) is 160 Å². The molecule has 0 spiro atoms. The number of carboxylic acids is 2. The Morgan fingerprint density at radius 1 is 0.800 bits per heavy atom. The first-order valence-electron chi connectivity index (χ1n) is 14.8. The molecule has 0 atom stereocenters. The van der Waals surface area contributed by atoms with Gasteiger partial charge in [-0.25, -0.2) is 0 Å². The molecule has 0 bridgehead atoms. The molecule has 0 aromatic heterocycles. The minimum absolute atomic E-state index is 0.0277. The predicted octanol–water partition coefficient (Wildman–Crippen LogP) is 5.53. The third-order valence-corrected chi connectivity index (χ3v) is 7.76. The molecular weight excluding hydrogens is 661 g/mol. The molecule has 11 nitrogen and oxygen atoms in total. The van der Waals surface area contributed by atoms with E-state index in [1.807, 2.05) is 0 Å². The highest BCUT2D eigenvalue weighted by Crippen LogP contribution is 2.35. The van der Waals surface area contributed by atoms with Crippen LogP contribution >= 0.6 is 0 Å². The van der Waals surface area contributed by atoms with Crippen LogP contribution in [0.5, 0.6) is 5.75 Å². The van der Waals surface area contributed by atoms with Crippen LogP contribution in [0.3, 0.4) is 0 Å². The lowest BCUT2D eigenvalue weighted by molar-refractivity contribution is -0.164. The van der Waals surface area contributed by atoms with Gasteiger partial charge in [-0.1, -0.05) is 54.6 Å². The number of halogens is 3. The summed E-state index contributed by atoms with van der Waals surface area (Å²) in [5.41, 5.74) is -2.74. The van der Waals surface area contributed by atoms with Crippen molar-refractivity contribution in [2.45, 2.75) is 18.0 Å². The number of nitrogens with one attached hydrogen (secondary N) is 1. The molecule has 0 aliphatic heterocycles. The van der Waals surface area contributed by atoms with Gasteiger partial charge in [0.25, 0.3) is 11.8 Å². The second kappa shape index (κ2) is 14.9. The Kier molecular flexibility index (Phi) is 10.9. The highest BCUT2D eigenvalue weighted by atomic mass is 19.4. The lowest BCUT2D eigenvalue weighted by Gasteiger charge is -2.26. The largest absolute Gasteiger partial charge is 0.496 e. The first kappa shape index (κ1) is 36.7. The van der Waals surface area contributed by atoms with Gasteiger partial charge in [-0.05, 0) is 53.1 Å². The number of hydrogen-bond acceptors (Lipinski definition) is 7. The van der Waals surface area contributed by atoms with Crippen molar-refractivity contribution in [2.75, 3.05) is 33.1 Å². The molecule has 50 heavy (non-hydrogen) atoms. The first-order chi connectivity index (χ1) is 23.6. The molecule has 0 aliphatic carbocycles. The Balaban J connectivity index is 1.59. The molecule has 0 heterocycles. The van der Waals surface area contributed by atoms with E-state index >= 15 is 0 Å². The average Bonchev–Trinajstić information content (AvgIpc) is 3.08. The molecule has 4 rings (SSSR count). The Morgan fingerprint density at radius 3 is 2.02 bits per heavy atom. The minimum Gasteiger partial charge on any atom is -0.496 e. The Bertz CT molecular complexity index is 1930. The van der Waals surface area contributed by atoms with Crippen LogP contribution in [0.4, 0.5) is 18.9 Å². The number of alkyl halides is 3. The predicted molar refractivity (Wildman–Crippen MR) is 174 cm³/mol. The zero-order valence-corrected chi connectivity index (χ0v) is 26.9. The van der Waals surface area contributed by atoms with E-state index in [-0.39, 0.29) is 33.7 Å². The second-order valence-electron chi connectivity index (χ2n) is 11.2. The second-order valence-corrected chi connectivity index (χ2v) is 11.2. The van der Waals surface area contributed by atoms with Gasteiger partial charge in [-0.15, -0.1) is 0 Å². The molecule has 2 amide bonds. The van der Waals surface area contributed by atoms with Crippen molar-refractivity contribution in [3.8, 4) is 16.9 Å². The summed E-state index contributed by atoms with van der Waals surface area (Å²) in [6.45, 7) is -1.08. The molecular formula is C36H31F3N2O9. The van der Waals surface area contributed by atoms with E-state index in [0.29, 0.717) is 11.1 Å². The summed E-state index contributed by atoms with van der Waals surface area (Å²) in [5, 5.41) is 22.6. The maximum Gasteiger partial charge on any atom is 0.416 e. The van der Waals surface area contributed by atoms with Gasteiger partial charge in [0.15, 0.2) is 0 Å². The van der Waals surface area contributed by atoms with E-state index in [0.717, 1.165) is 12.1 Å². The van der Waals surface area contributed by atoms with Crippen molar-refractivity contribution in [3.05, 3.63) is 119 Å². The van der Waals surface area contributed by atoms with Crippen LogP contribution in [0.25, 0.3) is 11.1 Å². The molecule has 4 aromatic rings. The summed E-state index contributed by atoms with van der Waals surface area (Å²) in [6.07, 6.45) is -5.04. The van der Waals surface area contributed by atoms with Crippen molar-refractivity contribution < 1.29 is 56.8 Å². The van der Waals surface area contributed by atoms with Gasteiger partial charge in [0.1, 0.15) is 12.4 Å². The highest BCUT2D eigenvalue weighted by molar-refractivity contribution is 6.12. The van der Waals surface area contributed by atoms with Crippen molar-refractivity contribution in [1.82, 2.24) is 4.90 Å². The van der Waals surface area contributed by atoms with Crippen LogP contribution in [0.2, 0.25) is 0 Å². The molecule has 0 aliphatic rings. The quantitative estimate of drug-likeness (QED) is 0.128. The summed E-state index contributed by atoms with van der Waals surface area (Å²) < 4.78 is 49.6. The highest BCUT2D eigenvalue weighted by Gasteiger charge is 2.51. The maximum absolute atomic E-state index is 13.5. The summed E-state index contributed by atoms with van der Waals surface area (Å²) >= 11 is 0. The molecule has 0 radical (unpaired) electrons. The standard InChI is InChI=1S/C36H31F3N2O9/c1-41(2)32(44)26-18-21(19-30(42)50-20-35(33(45)46,34(47)48)27-10-6-7-11-29(27)49-3)12-17-28(26)40-31(43)25-9-5-4-8-24(25)22-13-15-23(16-14-22)36(37,38)39/h4-18H,19-20H2,1-3H3,(H,40,43)(H,45,46)(H,47,48). The van der Waals surface area contributed by atoms with Gasteiger partial charge in [0.05, 0.1) is 30.3 Å². The zero-order valence-electron chi connectivity index (χ0n) is 26.9. The van der Waals surface area contributed by atoms with Crippen molar-refractivity contribution in [2.24, 2.45) is 0 Å². The molecule has 0 unspecified atom stereocenters. The fraction of sp³-hybridized carbons (Fsp3) is 0.194. The molecule has 0 fully saturated rings. The van der Waals surface area contributed by atoms with Crippen LogP contribution in [0, 0.1) is 0 Å². The SMILES string of the molecule is COc1ccccc1C(COC(=O)Cc1ccc(NC(=O)c2ccccc2-c2ccc(C(F)(F)F)cc2)c(C(=O)N(C)C)c1)(C(=O)O)C(=O)O. The maximum atomic E-state index is 13.5. The van der Waals surface area contributed by atoms with Gasteiger partial charge < -0.3 is 29.9 Å². The van der Waals surface area contributed by atoms with Gasteiger partial charge in [0, 0.05) is 25.2 Å². The Hall–Kier alpha value is -6.18. The van der Waals surface area contributed by atoms with Crippen molar-refractivity contribution in [3.63, 3.8) is 0 Å².